The summed E-state index contributed by atoms with van der Waals surface area (Å²) in [6.45, 7) is 5.83. The van der Waals surface area contributed by atoms with Crippen molar-refractivity contribution in [2.24, 2.45) is 4.99 Å². The van der Waals surface area contributed by atoms with Crippen LogP contribution in [0.25, 0.3) is 0 Å². The van der Waals surface area contributed by atoms with E-state index in [2.05, 4.69) is 37.6 Å². The summed E-state index contributed by atoms with van der Waals surface area (Å²) in [6.07, 6.45) is 1.57. The Bertz CT molecular complexity index is 650. The van der Waals surface area contributed by atoms with E-state index in [0.29, 0.717) is 12.3 Å². The second-order valence-electron chi connectivity index (χ2n) is 6.08. The van der Waals surface area contributed by atoms with Gasteiger partial charge in [-0.25, -0.2) is 0 Å². The second-order valence-corrected chi connectivity index (χ2v) is 7.00. The summed E-state index contributed by atoms with van der Waals surface area (Å²) in [5.74, 6) is 1.36. The Labute approximate surface area is 169 Å². The van der Waals surface area contributed by atoms with E-state index in [9.17, 15) is 5.11 Å². The zero-order valence-corrected chi connectivity index (χ0v) is 17.7. The van der Waals surface area contributed by atoms with Gasteiger partial charge in [0.1, 0.15) is 11.4 Å². The van der Waals surface area contributed by atoms with Gasteiger partial charge < -0.3 is 24.6 Å². The van der Waals surface area contributed by atoms with Crippen molar-refractivity contribution in [3.63, 3.8) is 0 Å². The van der Waals surface area contributed by atoms with Gasteiger partial charge >= 0.3 is 0 Å². The van der Waals surface area contributed by atoms with Crippen LogP contribution in [0.4, 0.5) is 5.00 Å². The van der Waals surface area contributed by atoms with E-state index >= 15 is 0 Å². The van der Waals surface area contributed by atoms with E-state index in [0.717, 1.165) is 32.1 Å². The minimum absolute atomic E-state index is 0. The quantitative estimate of drug-likeness (QED) is 0.404. The van der Waals surface area contributed by atoms with Crippen LogP contribution >= 0.6 is 35.3 Å². The number of furan rings is 1. The molecule has 1 fully saturated rings. The second kappa shape index (κ2) is 8.91. The van der Waals surface area contributed by atoms with Gasteiger partial charge in [0, 0.05) is 33.2 Å². The van der Waals surface area contributed by atoms with Crippen molar-refractivity contribution in [2.75, 3.05) is 44.7 Å². The lowest BCUT2D eigenvalue weighted by Crippen LogP contribution is -2.54. The fourth-order valence-electron chi connectivity index (χ4n) is 2.84. The predicted molar refractivity (Wildman–Crippen MR) is 113 cm³/mol. The fraction of sp³-hybridized carbons (Fsp3) is 0.471. The average molecular weight is 476 g/mol. The van der Waals surface area contributed by atoms with Crippen molar-refractivity contribution < 1.29 is 9.52 Å². The van der Waals surface area contributed by atoms with E-state index in [-0.39, 0.29) is 24.0 Å². The Balaban J connectivity index is 0.00000225. The molecule has 1 aliphatic rings. The molecular formula is C17H25IN4O2S. The molecule has 1 aliphatic heterocycles. The molecule has 3 heterocycles. The molecule has 0 amide bonds. The van der Waals surface area contributed by atoms with Crippen LogP contribution in [0.5, 0.6) is 0 Å². The highest BCUT2D eigenvalue weighted by atomic mass is 127. The average Bonchev–Trinajstić information content (AvgIpc) is 3.30. The summed E-state index contributed by atoms with van der Waals surface area (Å²) >= 11 is 1.77. The van der Waals surface area contributed by atoms with Crippen molar-refractivity contribution in [3.05, 3.63) is 41.7 Å². The van der Waals surface area contributed by atoms with Crippen LogP contribution < -0.4 is 10.2 Å². The number of anilines is 1. The maximum Gasteiger partial charge on any atom is 0.193 e. The lowest BCUT2D eigenvalue weighted by molar-refractivity contribution is 0.0379. The number of hydrogen-bond donors (Lipinski definition) is 2. The minimum atomic E-state index is -1.07. The molecule has 0 aliphatic carbocycles. The molecule has 6 nitrogen and oxygen atoms in total. The monoisotopic (exact) mass is 476 g/mol. The number of piperazine rings is 1. The first-order valence-corrected chi connectivity index (χ1v) is 8.98. The minimum Gasteiger partial charge on any atom is -0.466 e. The van der Waals surface area contributed by atoms with Gasteiger partial charge in [0.05, 0.1) is 17.8 Å². The fourth-order valence-corrected chi connectivity index (χ4v) is 3.63. The topological polar surface area (TPSA) is 64.2 Å². The number of rotatable bonds is 4. The molecule has 0 spiro atoms. The third-order valence-electron chi connectivity index (χ3n) is 4.25. The van der Waals surface area contributed by atoms with Crippen LogP contribution in [-0.2, 0) is 5.60 Å². The molecule has 0 aromatic carbocycles. The van der Waals surface area contributed by atoms with E-state index in [1.807, 2.05) is 0 Å². The number of nitrogens with zero attached hydrogens (tertiary/aromatic N) is 3. The number of hydrogen-bond acceptors (Lipinski definition) is 5. The molecule has 1 atom stereocenters. The number of guanidine groups is 1. The Morgan fingerprint density at radius 2 is 2.08 bits per heavy atom. The van der Waals surface area contributed by atoms with Crippen LogP contribution in [0.2, 0.25) is 0 Å². The van der Waals surface area contributed by atoms with Gasteiger partial charge in [0.25, 0.3) is 0 Å². The number of aliphatic imine (C=N–C) groups is 1. The molecule has 8 heteroatoms. The highest BCUT2D eigenvalue weighted by molar-refractivity contribution is 14.0. The standard InChI is InChI=1S/C17H24N4O2S.HI/c1-17(22,14-5-3-11-23-14)13-19-16(18-2)21-9-7-20(8-10-21)15-6-4-12-24-15;/h3-6,11-12,22H,7-10,13H2,1-2H3,(H,18,19);1H. The Morgan fingerprint density at radius 3 is 2.64 bits per heavy atom. The van der Waals surface area contributed by atoms with Crippen molar-refractivity contribution in [3.8, 4) is 0 Å². The van der Waals surface area contributed by atoms with Crippen LogP contribution in [-0.4, -0.2) is 55.7 Å². The molecule has 2 N–H and O–H groups in total. The number of halogens is 1. The zero-order chi connectivity index (χ0) is 17.0. The lowest BCUT2D eigenvalue weighted by Gasteiger charge is -2.37. The molecule has 0 bridgehead atoms. The van der Waals surface area contributed by atoms with Crippen LogP contribution in [0.1, 0.15) is 12.7 Å². The molecule has 138 valence electrons. The molecule has 2 aromatic rings. The van der Waals surface area contributed by atoms with Crippen LogP contribution in [0.3, 0.4) is 0 Å². The summed E-state index contributed by atoms with van der Waals surface area (Å²) in [4.78, 5) is 8.98. The van der Waals surface area contributed by atoms with Crippen molar-refractivity contribution in [1.29, 1.82) is 0 Å². The first-order valence-electron chi connectivity index (χ1n) is 8.10. The summed E-state index contributed by atoms with van der Waals surface area (Å²) in [5.41, 5.74) is -1.07. The normalized spacial score (nSPS) is 17.8. The van der Waals surface area contributed by atoms with Gasteiger partial charge in [-0.15, -0.1) is 35.3 Å². The summed E-state index contributed by atoms with van der Waals surface area (Å²) in [7, 11) is 1.77. The van der Waals surface area contributed by atoms with E-state index < -0.39 is 5.60 Å². The van der Waals surface area contributed by atoms with Gasteiger partial charge in [-0.1, -0.05) is 0 Å². The SMILES string of the molecule is CN=C(NCC(C)(O)c1ccco1)N1CCN(c2cccs2)CC1.I. The van der Waals surface area contributed by atoms with Gasteiger partial charge in [0.15, 0.2) is 5.96 Å². The Morgan fingerprint density at radius 1 is 1.32 bits per heavy atom. The first-order chi connectivity index (χ1) is 11.6. The van der Waals surface area contributed by atoms with Crippen LogP contribution in [0.15, 0.2) is 45.3 Å². The van der Waals surface area contributed by atoms with Crippen LogP contribution in [0, 0.1) is 0 Å². The predicted octanol–water partition coefficient (Wildman–Crippen LogP) is 2.56. The smallest absolute Gasteiger partial charge is 0.193 e. The molecule has 25 heavy (non-hydrogen) atoms. The van der Waals surface area contributed by atoms with Gasteiger partial charge in [-0.2, -0.15) is 0 Å². The highest BCUT2D eigenvalue weighted by Crippen LogP contribution is 2.23. The van der Waals surface area contributed by atoms with Crippen molar-refractivity contribution >= 4 is 46.3 Å². The van der Waals surface area contributed by atoms with Gasteiger partial charge in [-0.05, 0) is 36.6 Å². The van der Waals surface area contributed by atoms with Gasteiger partial charge in [-0.3, -0.25) is 4.99 Å². The molecular weight excluding hydrogens is 451 g/mol. The van der Waals surface area contributed by atoms with E-state index in [4.69, 9.17) is 4.42 Å². The molecule has 3 rings (SSSR count). The summed E-state index contributed by atoms with van der Waals surface area (Å²) in [5, 5.41) is 17.2. The molecule has 0 saturated carbocycles. The highest BCUT2D eigenvalue weighted by Gasteiger charge is 2.28. The summed E-state index contributed by atoms with van der Waals surface area (Å²) in [6, 6.07) is 7.81. The molecule has 2 aromatic heterocycles. The third-order valence-corrected chi connectivity index (χ3v) is 5.18. The molecule has 1 saturated heterocycles. The summed E-state index contributed by atoms with van der Waals surface area (Å²) < 4.78 is 5.32. The molecule has 0 radical (unpaired) electrons. The van der Waals surface area contributed by atoms with Crippen molar-refractivity contribution in [2.45, 2.75) is 12.5 Å². The third kappa shape index (κ3) is 4.89. The van der Waals surface area contributed by atoms with Crippen molar-refractivity contribution in [1.82, 2.24) is 10.2 Å². The zero-order valence-electron chi connectivity index (χ0n) is 14.5. The first kappa shape index (κ1) is 20.1. The largest absolute Gasteiger partial charge is 0.466 e. The van der Waals surface area contributed by atoms with Gasteiger partial charge in [0.2, 0.25) is 0 Å². The van der Waals surface area contributed by atoms with E-state index in [1.165, 1.54) is 5.00 Å². The Hall–Kier alpha value is -1.26. The number of aliphatic hydroxyl groups is 1. The number of nitrogens with one attached hydrogen (secondary N) is 1. The van der Waals surface area contributed by atoms with E-state index in [1.54, 1.807) is 43.7 Å². The maximum absolute atomic E-state index is 10.5. The molecule has 1 unspecified atom stereocenters. The lowest BCUT2D eigenvalue weighted by atomic mass is 10.0. The Kier molecular flexibility index (Phi) is 7.14. The number of thiophene rings is 1. The maximum atomic E-state index is 10.5.